The van der Waals surface area contributed by atoms with Gasteiger partial charge in [-0.05, 0) is 60.5 Å². The van der Waals surface area contributed by atoms with Crippen molar-refractivity contribution in [1.82, 2.24) is 4.57 Å². The summed E-state index contributed by atoms with van der Waals surface area (Å²) in [6.45, 7) is 12.9. The molecule has 26 heavy (non-hydrogen) atoms. The normalized spacial score (nSPS) is 13.3. The van der Waals surface area contributed by atoms with E-state index in [9.17, 15) is 0 Å². The Balaban J connectivity index is 2.01. The molecule has 0 amide bonds. The van der Waals surface area contributed by atoms with E-state index in [1.54, 1.807) is 0 Å². The van der Waals surface area contributed by atoms with Crippen molar-refractivity contribution in [2.24, 2.45) is 5.73 Å². The maximum Gasteiger partial charge on any atom is 0.0483 e. The molecular weight excluding hydrogens is 316 g/mol. The van der Waals surface area contributed by atoms with E-state index < -0.39 is 0 Å². The minimum absolute atomic E-state index is 0.153. The second kappa shape index (κ2) is 7.28. The summed E-state index contributed by atoms with van der Waals surface area (Å²) in [5, 5.41) is 1.36. The van der Waals surface area contributed by atoms with Crippen molar-refractivity contribution in [3.05, 3.63) is 70.9 Å². The van der Waals surface area contributed by atoms with Crippen molar-refractivity contribution in [2.45, 2.75) is 58.9 Å². The molecule has 0 aliphatic heterocycles. The van der Waals surface area contributed by atoms with Gasteiger partial charge in [-0.25, -0.2) is 0 Å². The molecule has 1 unspecified atom stereocenters. The Hall–Kier alpha value is -2.06. The third kappa shape index (κ3) is 3.57. The highest BCUT2D eigenvalue weighted by Gasteiger charge is 2.20. The van der Waals surface area contributed by atoms with Gasteiger partial charge >= 0.3 is 0 Å². The Morgan fingerprint density at radius 2 is 1.81 bits per heavy atom. The number of benzene rings is 2. The predicted octanol–water partition coefficient (Wildman–Crippen LogP) is 5.55. The molecule has 0 fully saturated rings. The minimum atomic E-state index is 0.153. The van der Waals surface area contributed by atoms with Crippen molar-refractivity contribution in [3.8, 4) is 0 Å². The highest BCUT2D eigenvalue weighted by molar-refractivity contribution is 5.84. The third-order valence-corrected chi connectivity index (χ3v) is 5.55. The second-order valence-corrected chi connectivity index (χ2v) is 8.42. The Morgan fingerprint density at radius 3 is 2.46 bits per heavy atom. The van der Waals surface area contributed by atoms with Crippen LogP contribution >= 0.6 is 0 Å². The summed E-state index contributed by atoms with van der Waals surface area (Å²) in [5.74, 6) is 0.341. The lowest BCUT2D eigenvalue weighted by molar-refractivity contribution is 0.586. The fourth-order valence-corrected chi connectivity index (χ4v) is 3.88. The number of nitrogens with zero attached hydrogens (tertiary/aromatic N) is 1. The standard InChI is InChI=1S/C24H32N2/c1-6-26-16-19(21-9-7-8-10-23(21)26)13-18(15-25)22-14-20(24(3,4)5)12-11-17(22)2/h7-12,14,16,18H,6,13,15,25H2,1-5H3. The minimum Gasteiger partial charge on any atom is -0.347 e. The zero-order chi connectivity index (χ0) is 18.9. The summed E-state index contributed by atoms with van der Waals surface area (Å²) < 4.78 is 2.34. The van der Waals surface area contributed by atoms with Crippen LogP contribution in [0.2, 0.25) is 0 Å². The Labute approximate surface area is 158 Å². The van der Waals surface area contributed by atoms with E-state index in [2.05, 4.69) is 87.8 Å². The lowest BCUT2D eigenvalue weighted by Crippen LogP contribution is -2.18. The summed E-state index contributed by atoms with van der Waals surface area (Å²) in [5.41, 5.74) is 13.3. The number of fused-ring (bicyclic) bond motifs is 1. The average Bonchev–Trinajstić information content (AvgIpc) is 2.97. The van der Waals surface area contributed by atoms with E-state index in [1.165, 1.54) is 33.2 Å². The van der Waals surface area contributed by atoms with Gasteiger partial charge in [-0.1, -0.05) is 57.2 Å². The fourth-order valence-electron chi connectivity index (χ4n) is 3.88. The maximum atomic E-state index is 6.26. The van der Waals surface area contributed by atoms with E-state index in [1.807, 2.05) is 0 Å². The first kappa shape index (κ1) is 18.7. The third-order valence-electron chi connectivity index (χ3n) is 5.55. The number of rotatable bonds is 5. The van der Waals surface area contributed by atoms with Crippen molar-refractivity contribution >= 4 is 10.9 Å². The molecule has 2 N–H and O–H groups in total. The van der Waals surface area contributed by atoms with Crippen LogP contribution in [0.1, 0.15) is 55.9 Å². The molecule has 1 atom stereocenters. The lowest BCUT2D eigenvalue weighted by Gasteiger charge is -2.24. The number of aryl methyl sites for hydroxylation is 2. The molecule has 1 heterocycles. The van der Waals surface area contributed by atoms with Crippen LogP contribution in [0.5, 0.6) is 0 Å². The molecule has 3 aromatic rings. The second-order valence-electron chi connectivity index (χ2n) is 8.42. The summed E-state index contributed by atoms with van der Waals surface area (Å²) >= 11 is 0. The van der Waals surface area contributed by atoms with Gasteiger partial charge in [0, 0.05) is 29.6 Å². The quantitative estimate of drug-likeness (QED) is 0.643. The van der Waals surface area contributed by atoms with Crippen molar-refractivity contribution < 1.29 is 0 Å². The Bertz CT molecular complexity index is 896. The molecule has 0 saturated carbocycles. The molecule has 0 aliphatic rings. The molecular formula is C24H32N2. The summed E-state index contributed by atoms with van der Waals surface area (Å²) in [6.07, 6.45) is 3.30. The molecule has 2 aromatic carbocycles. The predicted molar refractivity (Wildman–Crippen MR) is 113 cm³/mol. The van der Waals surface area contributed by atoms with Crippen molar-refractivity contribution in [3.63, 3.8) is 0 Å². The first-order valence-corrected chi connectivity index (χ1v) is 9.73. The van der Waals surface area contributed by atoms with Crippen LogP contribution in [0.25, 0.3) is 10.9 Å². The van der Waals surface area contributed by atoms with Gasteiger partial charge in [0.05, 0.1) is 0 Å². The van der Waals surface area contributed by atoms with E-state index in [0.717, 1.165) is 13.0 Å². The van der Waals surface area contributed by atoms with Gasteiger partial charge in [-0.2, -0.15) is 0 Å². The molecule has 138 valence electrons. The summed E-state index contributed by atoms with van der Waals surface area (Å²) in [6, 6.07) is 15.6. The molecule has 2 heteroatoms. The molecule has 0 bridgehead atoms. The average molecular weight is 349 g/mol. The molecule has 1 aromatic heterocycles. The van der Waals surface area contributed by atoms with Crippen LogP contribution in [-0.4, -0.2) is 11.1 Å². The van der Waals surface area contributed by atoms with Gasteiger partial charge in [0.25, 0.3) is 0 Å². The van der Waals surface area contributed by atoms with Gasteiger partial charge < -0.3 is 10.3 Å². The molecule has 2 nitrogen and oxygen atoms in total. The van der Waals surface area contributed by atoms with Crippen LogP contribution in [0.3, 0.4) is 0 Å². The van der Waals surface area contributed by atoms with Crippen LogP contribution in [0.15, 0.2) is 48.7 Å². The number of aromatic nitrogens is 1. The largest absolute Gasteiger partial charge is 0.347 e. The van der Waals surface area contributed by atoms with Gasteiger partial charge in [0.2, 0.25) is 0 Å². The van der Waals surface area contributed by atoms with E-state index in [-0.39, 0.29) is 5.41 Å². The molecule has 0 aliphatic carbocycles. The van der Waals surface area contributed by atoms with Gasteiger partial charge in [0.1, 0.15) is 0 Å². The van der Waals surface area contributed by atoms with E-state index >= 15 is 0 Å². The zero-order valence-corrected chi connectivity index (χ0v) is 16.8. The number of hydrogen-bond acceptors (Lipinski definition) is 1. The number of para-hydroxylation sites is 1. The monoisotopic (exact) mass is 348 g/mol. The molecule has 0 radical (unpaired) electrons. The SMILES string of the molecule is CCn1cc(CC(CN)c2cc(C(C)(C)C)ccc2C)c2ccccc21. The smallest absolute Gasteiger partial charge is 0.0483 e. The zero-order valence-electron chi connectivity index (χ0n) is 16.8. The lowest BCUT2D eigenvalue weighted by atomic mass is 9.81. The summed E-state index contributed by atoms with van der Waals surface area (Å²) in [4.78, 5) is 0. The van der Waals surface area contributed by atoms with Gasteiger partial charge in [-0.15, -0.1) is 0 Å². The van der Waals surface area contributed by atoms with Crippen LogP contribution in [0, 0.1) is 6.92 Å². The number of hydrogen-bond donors (Lipinski definition) is 1. The molecule has 0 saturated heterocycles. The van der Waals surface area contributed by atoms with Crippen LogP contribution < -0.4 is 5.73 Å². The highest BCUT2D eigenvalue weighted by atomic mass is 14.9. The Kier molecular flexibility index (Phi) is 5.24. The Morgan fingerprint density at radius 1 is 1.08 bits per heavy atom. The van der Waals surface area contributed by atoms with Crippen molar-refractivity contribution in [1.29, 1.82) is 0 Å². The van der Waals surface area contributed by atoms with Crippen molar-refractivity contribution in [2.75, 3.05) is 6.54 Å². The maximum absolute atomic E-state index is 6.26. The number of nitrogens with two attached hydrogens (primary N) is 1. The topological polar surface area (TPSA) is 30.9 Å². The highest BCUT2D eigenvalue weighted by Crippen LogP contribution is 2.32. The van der Waals surface area contributed by atoms with Crippen LogP contribution in [-0.2, 0) is 18.4 Å². The van der Waals surface area contributed by atoms with E-state index in [4.69, 9.17) is 5.73 Å². The van der Waals surface area contributed by atoms with E-state index in [0.29, 0.717) is 12.5 Å². The van der Waals surface area contributed by atoms with Crippen LogP contribution in [0.4, 0.5) is 0 Å². The van der Waals surface area contributed by atoms with Gasteiger partial charge in [-0.3, -0.25) is 0 Å². The molecule has 0 spiro atoms. The van der Waals surface area contributed by atoms with Gasteiger partial charge in [0.15, 0.2) is 0 Å². The molecule has 3 rings (SSSR count). The first-order chi connectivity index (χ1) is 12.3. The first-order valence-electron chi connectivity index (χ1n) is 9.73. The summed E-state index contributed by atoms with van der Waals surface area (Å²) in [7, 11) is 0. The fraction of sp³-hybridized carbons (Fsp3) is 0.417.